The zero-order valence-corrected chi connectivity index (χ0v) is 21.8. The predicted molar refractivity (Wildman–Crippen MR) is 138 cm³/mol. The van der Waals surface area contributed by atoms with E-state index in [1.807, 2.05) is 25.3 Å². The van der Waals surface area contributed by atoms with Gasteiger partial charge in [-0.2, -0.15) is 0 Å². The Morgan fingerprint density at radius 1 is 1.03 bits per heavy atom. The Morgan fingerprint density at radius 2 is 1.71 bits per heavy atom. The van der Waals surface area contributed by atoms with Crippen molar-refractivity contribution in [2.45, 2.75) is 64.6 Å². The van der Waals surface area contributed by atoms with Crippen LogP contribution in [0, 0.1) is 12.3 Å². The lowest BCUT2D eigenvalue weighted by atomic mass is 9.62. The van der Waals surface area contributed by atoms with E-state index < -0.39 is 11.2 Å². The first-order valence-corrected chi connectivity index (χ1v) is 12.4. The highest BCUT2D eigenvalue weighted by Crippen LogP contribution is 2.50. The Balaban J connectivity index is 1.65. The van der Waals surface area contributed by atoms with Crippen molar-refractivity contribution in [1.29, 1.82) is 0 Å². The van der Waals surface area contributed by atoms with E-state index in [2.05, 4.69) is 71.9 Å². The fraction of sp³-hybridized carbons (Fsp3) is 0.483. The first-order chi connectivity index (χ1) is 16.4. The standard InChI is InChI=1S/C29H38N4O2/c1-20(2)23-7-9-24(10-8-23)29(35,27(4)17-33(6)18-27)25-14-22(15-30-16-25)11-12-28(5,34)26-13-21(3)31-19-32-26/h7-10,13-16,19-20,34-35H,11-12,17-18H2,1-6H3/t28?,29-/m0/s1. The van der Waals surface area contributed by atoms with Gasteiger partial charge in [0, 0.05) is 42.2 Å². The molecule has 35 heavy (non-hydrogen) atoms. The molecule has 0 amide bonds. The summed E-state index contributed by atoms with van der Waals surface area (Å²) in [4.78, 5) is 15.2. The number of hydrogen-bond acceptors (Lipinski definition) is 6. The summed E-state index contributed by atoms with van der Waals surface area (Å²) >= 11 is 0. The van der Waals surface area contributed by atoms with Gasteiger partial charge in [0.25, 0.3) is 0 Å². The molecule has 1 fully saturated rings. The van der Waals surface area contributed by atoms with Crippen LogP contribution in [0.3, 0.4) is 0 Å². The van der Waals surface area contributed by atoms with Gasteiger partial charge in [-0.3, -0.25) is 4.98 Å². The van der Waals surface area contributed by atoms with Crippen molar-refractivity contribution in [3.05, 3.63) is 88.8 Å². The van der Waals surface area contributed by atoms with Crippen molar-refractivity contribution >= 4 is 0 Å². The second-order valence-electron chi connectivity index (χ2n) is 11.1. The van der Waals surface area contributed by atoms with Crippen LogP contribution in [-0.2, 0) is 17.6 Å². The van der Waals surface area contributed by atoms with Gasteiger partial charge in [-0.05, 0) is 68.5 Å². The van der Waals surface area contributed by atoms with Gasteiger partial charge in [-0.1, -0.05) is 45.0 Å². The molecule has 0 spiro atoms. The number of aromatic nitrogens is 3. The average molecular weight is 475 g/mol. The molecule has 6 nitrogen and oxygen atoms in total. The van der Waals surface area contributed by atoms with Gasteiger partial charge < -0.3 is 15.1 Å². The van der Waals surface area contributed by atoms with Crippen LogP contribution in [0.1, 0.15) is 73.7 Å². The van der Waals surface area contributed by atoms with Gasteiger partial charge in [0.2, 0.25) is 0 Å². The van der Waals surface area contributed by atoms with Gasteiger partial charge in [0.05, 0.1) is 5.69 Å². The normalized spacial score (nSPS) is 19.1. The van der Waals surface area contributed by atoms with Crippen LogP contribution in [0.4, 0.5) is 0 Å². The first kappa shape index (κ1) is 25.4. The maximum atomic E-state index is 12.4. The van der Waals surface area contributed by atoms with Crippen molar-refractivity contribution < 1.29 is 10.2 Å². The average Bonchev–Trinajstić information content (AvgIpc) is 2.81. The van der Waals surface area contributed by atoms with Crippen molar-refractivity contribution in [3.63, 3.8) is 0 Å². The molecule has 1 aliphatic rings. The number of rotatable bonds is 8. The van der Waals surface area contributed by atoms with Gasteiger partial charge in [0.1, 0.15) is 17.5 Å². The molecule has 1 aromatic carbocycles. The van der Waals surface area contributed by atoms with Crippen molar-refractivity contribution in [3.8, 4) is 0 Å². The molecule has 1 saturated heterocycles. The van der Waals surface area contributed by atoms with Gasteiger partial charge in [0.15, 0.2) is 0 Å². The zero-order chi connectivity index (χ0) is 25.4. The predicted octanol–water partition coefficient (Wildman–Crippen LogP) is 4.33. The Morgan fingerprint density at radius 3 is 2.31 bits per heavy atom. The lowest BCUT2D eigenvalue weighted by molar-refractivity contribution is -0.127. The molecule has 2 aromatic heterocycles. The molecule has 0 radical (unpaired) electrons. The third-order valence-electron chi connectivity index (χ3n) is 7.58. The zero-order valence-electron chi connectivity index (χ0n) is 21.8. The summed E-state index contributed by atoms with van der Waals surface area (Å²) in [5, 5.41) is 23.5. The van der Waals surface area contributed by atoms with E-state index >= 15 is 0 Å². The number of aryl methyl sites for hydroxylation is 2. The van der Waals surface area contributed by atoms with Crippen LogP contribution in [0.5, 0.6) is 0 Å². The number of hydrogen-bond donors (Lipinski definition) is 2. The third kappa shape index (κ3) is 4.88. The monoisotopic (exact) mass is 474 g/mol. The highest BCUT2D eigenvalue weighted by Gasteiger charge is 2.55. The Labute approximate surface area is 209 Å². The molecular formula is C29H38N4O2. The van der Waals surface area contributed by atoms with E-state index in [-0.39, 0.29) is 5.41 Å². The number of aliphatic hydroxyl groups is 2. The summed E-state index contributed by atoms with van der Waals surface area (Å²) in [5.41, 5.74) is 2.74. The molecule has 0 bridgehead atoms. The number of benzene rings is 1. The van der Waals surface area contributed by atoms with E-state index in [9.17, 15) is 10.2 Å². The molecule has 3 heterocycles. The fourth-order valence-corrected chi connectivity index (χ4v) is 5.43. The molecule has 3 aromatic rings. The Hall–Kier alpha value is -2.67. The minimum absolute atomic E-state index is 0.342. The third-order valence-corrected chi connectivity index (χ3v) is 7.58. The minimum Gasteiger partial charge on any atom is -0.384 e. The van der Waals surface area contributed by atoms with Crippen molar-refractivity contribution in [2.24, 2.45) is 5.41 Å². The van der Waals surface area contributed by atoms with Crippen LogP contribution in [0.15, 0.2) is 55.1 Å². The van der Waals surface area contributed by atoms with Crippen molar-refractivity contribution in [1.82, 2.24) is 19.9 Å². The Bertz CT molecular complexity index is 1170. The smallest absolute Gasteiger partial charge is 0.124 e. The van der Waals surface area contributed by atoms with E-state index in [1.165, 1.54) is 11.9 Å². The second kappa shape index (κ2) is 9.41. The van der Waals surface area contributed by atoms with Crippen LogP contribution in [-0.4, -0.2) is 50.2 Å². The van der Waals surface area contributed by atoms with E-state index in [0.29, 0.717) is 24.5 Å². The summed E-state index contributed by atoms with van der Waals surface area (Å²) in [7, 11) is 2.08. The number of likely N-dealkylation sites (tertiary alicyclic amines) is 1. The SMILES string of the molecule is Cc1cc(C(C)(O)CCc2cncc([C@@](O)(c3ccc(C(C)C)cc3)C3(C)CN(C)C3)c2)ncn1. The van der Waals surface area contributed by atoms with Crippen LogP contribution in [0.25, 0.3) is 0 Å². The first-order valence-electron chi connectivity index (χ1n) is 12.4. The highest BCUT2D eigenvalue weighted by molar-refractivity contribution is 5.42. The second-order valence-corrected chi connectivity index (χ2v) is 11.1. The minimum atomic E-state index is -1.18. The van der Waals surface area contributed by atoms with Crippen LogP contribution < -0.4 is 0 Å². The number of nitrogens with zero attached hydrogens (tertiary/aromatic N) is 4. The van der Waals surface area contributed by atoms with Crippen LogP contribution >= 0.6 is 0 Å². The largest absolute Gasteiger partial charge is 0.384 e. The van der Waals surface area contributed by atoms with Crippen molar-refractivity contribution in [2.75, 3.05) is 20.1 Å². The maximum Gasteiger partial charge on any atom is 0.124 e. The summed E-state index contributed by atoms with van der Waals surface area (Å²) in [6.45, 7) is 11.8. The summed E-state index contributed by atoms with van der Waals surface area (Å²) in [6.07, 6.45) is 6.19. The van der Waals surface area contributed by atoms with Gasteiger partial charge >= 0.3 is 0 Å². The molecular weight excluding hydrogens is 436 g/mol. The molecule has 4 rings (SSSR count). The number of pyridine rings is 1. The highest BCUT2D eigenvalue weighted by atomic mass is 16.3. The Kier molecular flexibility index (Phi) is 6.84. The molecule has 0 saturated carbocycles. The van der Waals surface area contributed by atoms with E-state index in [1.54, 1.807) is 13.1 Å². The maximum absolute atomic E-state index is 12.4. The van der Waals surface area contributed by atoms with Crippen LogP contribution in [0.2, 0.25) is 0 Å². The molecule has 2 N–H and O–H groups in total. The molecule has 0 aliphatic carbocycles. The van der Waals surface area contributed by atoms with E-state index in [4.69, 9.17) is 0 Å². The van der Waals surface area contributed by atoms with Gasteiger partial charge in [-0.25, -0.2) is 9.97 Å². The van der Waals surface area contributed by atoms with Gasteiger partial charge in [-0.15, -0.1) is 0 Å². The topological polar surface area (TPSA) is 82.4 Å². The molecule has 6 heteroatoms. The lowest BCUT2D eigenvalue weighted by Gasteiger charge is -2.56. The molecule has 2 atom stereocenters. The molecule has 186 valence electrons. The summed E-state index contributed by atoms with van der Waals surface area (Å²) in [5.74, 6) is 0.430. The quantitative estimate of drug-likeness (QED) is 0.506. The summed E-state index contributed by atoms with van der Waals surface area (Å²) in [6, 6.07) is 12.2. The fourth-order valence-electron chi connectivity index (χ4n) is 5.43. The lowest BCUT2D eigenvalue weighted by Crippen LogP contribution is -2.63. The summed E-state index contributed by atoms with van der Waals surface area (Å²) < 4.78 is 0. The van der Waals surface area contributed by atoms with E-state index in [0.717, 1.165) is 35.5 Å². The molecule has 1 aliphatic heterocycles. The molecule has 1 unspecified atom stereocenters.